The van der Waals surface area contributed by atoms with Crippen molar-refractivity contribution in [3.63, 3.8) is 0 Å². The maximum atomic E-state index is 12.2. The minimum atomic E-state index is -0.0400. The van der Waals surface area contributed by atoms with Gasteiger partial charge in [0.1, 0.15) is 5.75 Å². The van der Waals surface area contributed by atoms with Crippen molar-refractivity contribution < 1.29 is 14.6 Å². The molecule has 1 heterocycles. The Bertz CT molecular complexity index is 447. The van der Waals surface area contributed by atoms with Gasteiger partial charge in [0.05, 0.1) is 12.6 Å². The first-order valence-corrected chi connectivity index (χ1v) is 7.36. The fourth-order valence-corrected chi connectivity index (χ4v) is 2.60. The van der Waals surface area contributed by atoms with Gasteiger partial charge in [0.25, 0.3) is 5.91 Å². The molecule has 110 valence electrons. The van der Waals surface area contributed by atoms with Gasteiger partial charge >= 0.3 is 0 Å². The predicted octanol–water partition coefficient (Wildman–Crippen LogP) is 2.00. The van der Waals surface area contributed by atoms with Gasteiger partial charge in [-0.3, -0.25) is 4.79 Å². The van der Waals surface area contributed by atoms with Gasteiger partial charge in [0.15, 0.2) is 6.61 Å². The molecule has 1 aliphatic heterocycles. The van der Waals surface area contributed by atoms with Crippen LogP contribution in [0.1, 0.15) is 31.7 Å². The van der Waals surface area contributed by atoms with Crippen molar-refractivity contribution in [1.29, 1.82) is 0 Å². The highest BCUT2D eigenvalue weighted by Crippen LogP contribution is 2.18. The van der Waals surface area contributed by atoms with E-state index in [1.165, 1.54) is 5.56 Å². The first-order valence-electron chi connectivity index (χ1n) is 7.36. The van der Waals surface area contributed by atoms with Crippen molar-refractivity contribution in [2.45, 2.75) is 38.6 Å². The smallest absolute Gasteiger partial charge is 0.260 e. The van der Waals surface area contributed by atoms with Crippen LogP contribution in [-0.2, 0) is 11.2 Å². The van der Waals surface area contributed by atoms with E-state index in [4.69, 9.17) is 4.74 Å². The van der Waals surface area contributed by atoms with Gasteiger partial charge in [-0.1, -0.05) is 19.1 Å². The van der Waals surface area contributed by atoms with Gasteiger partial charge in [-0.05, 0) is 43.4 Å². The van der Waals surface area contributed by atoms with Crippen LogP contribution in [-0.4, -0.2) is 41.7 Å². The maximum Gasteiger partial charge on any atom is 0.260 e. The lowest BCUT2D eigenvalue weighted by Gasteiger charge is -2.34. The molecule has 0 bridgehead atoms. The Labute approximate surface area is 120 Å². The summed E-state index contributed by atoms with van der Waals surface area (Å²) in [6.07, 6.45) is 3.92. The van der Waals surface area contributed by atoms with Gasteiger partial charge in [0, 0.05) is 6.54 Å². The van der Waals surface area contributed by atoms with E-state index in [0.29, 0.717) is 0 Å². The Balaban J connectivity index is 1.90. The quantitative estimate of drug-likeness (QED) is 0.895. The molecule has 1 saturated heterocycles. The van der Waals surface area contributed by atoms with E-state index >= 15 is 0 Å². The number of likely N-dealkylation sites (tertiary alicyclic amines) is 1. The van der Waals surface area contributed by atoms with Crippen LogP contribution in [0.2, 0.25) is 0 Å². The van der Waals surface area contributed by atoms with Gasteiger partial charge in [-0.2, -0.15) is 0 Å². The number of rotatable bonds is 5. The average Bonchev–Trinajstić information content (AvgIpc) is 2.52. The molecule has 1 N–H and O–H groups in total. The Hall–Kier alpha value is -1.55. The molecule has 0 spiro atoms. The number of aryl methyl sites for hydroxylation is 1. The van der Waals surface area contributed by atoms with Crippen molar-refractivity contribution in [1.82, 2.24) is 4.90 Å². The molecule has 2 rings (SSSR count). The zero-order valence-electron chi connectivity index (χ0n) is 12.0. The Kier molecular flexibility index (Phi) is 5.41. The molecule has 4 heteroatoms. The highest BCUT2D eigenvalue weighted by molar-refractivity contribution is 5.78. The minimum Gasteiger partial charge on any atom is -0.484 e. The highest BCUT2D eigenvalue weighted by Gasteiger charge is 2.26. The maximum absolute atomic E-state index is 12.2. The number of ether oxygens (including phenoxy) is 1. The van der Waals surface area contributed by atoms with Crippen LogP contribution >= 0.6 is 0 Å². The standard InChI is InChI=1S/C16H23NO3/c1-2-13-6-5-8-15(10-13)20-12-16(19)17-9-4-3-7-14(17)11-18/h5-6,8,10,14,18H,2-4,7,9,11-12H2,1H3. The number of aliphatic hydroxyl groups is 1. The van der Waals surface area contributed by atoms with E-state index in [0.717, 1.165) is 38.0 Å². The van der Waals surface area contributed by atoms with Crippen LogP contribution in [0.5, 0.6) is 5.75 Å². The Morgan fingerprint density at radius 3 is 3.05 bits per heavy atom. The van der Waals surface area contributed by atoms with Crippen molar-refractivity contribution in [3.05, 3.63) is 29.8 Å². The fraction of sp³-hybridized carbons (Fsp3) is 0.562. The number of hydrogen-bond acceptors (Lipinski definition) is 3. The van der Waals surface area contributed by atoms with E-state index < -0.39 is 0 Å². The summed E-state index contributed by atoms with van der Waals surface area (Å²) >= 11 is 0. The summed E-state index contributed by atoms with van der Waals surface area (Å²) in [5.74, 6) is 0.695. The number of nitrogens with zero attached hydrogens (tertiary/aromatic N) is 1. The zero-order valence-corrected chi connectivity index (χ0v) is 12.0. The molecule has 20 heavy (non-hydrogen) atoms. The third-order valence-electron chi connectivity index (χ3n) is 3.83. The molecule has 0 saturated carbocycles. The fourth-order valence-electron chi connectivity index (χ4n) is 2.60. The second kappa shape index (κ2) is 7.29. The first kappa shape index (κ1) is 14.9. The summed E-state index contributed by atoms with van der Waals surface area (Å²) in [4.78, 5) is 13.9. The second-order valence-corrected chi connectivity index (χ2v) is 5.21. The van der Waals surface area contributed by atoms with Crippen LogP contribution in [0.15, 0.2) is 24.3 Å². The molecule has 1 atom stereocenters. The molecule has 0 radical (unpaired) electrons. The van der Waals surface area contributed by atoms with Gasteiger partial charge in [-0.25, -0.2) is 0 Å². The number of benzene rings is 1. The molecular weight excluding hydrogens is 254 g/mol. The summed E-state index contributed by atoms with van der Waals surface area (Å²) in [5.41, 5.74) is 1.20. The summed E-state index contributed by atoms with van der Waals surface area (Å²) in [7, 11) is 0. The lowest BCUT2D eigenvalue weighted by Crippen LogP contribution is -2.47. The average molecular weight is 277 g/mol. The minimum absolute atomic E-state index is 0.0364. The Morgan fingerprint density at radius 2 is 2.30 bits per heavy atom. The number of piperidine rings is 1. The van der Waals surface area contributed by atoms with Crippen molar-refractivity contribution in [2.75, 3.05) is 19.8 Å². The summed E-state index contributed by atoms with van der Waals surface area (Å²) in [5, 5.41) is 9.33. The number of amides is 1. The van der Waals surface area contributed by atoms with Crippen molar-refractivity contribution in [3.8, 4) is 5.75 Å². The largest absolute Gasteiger partial charge is 0.484 e. The van der Waals surface area contributed by atoms with Gasteiger partial charge < -0.3 is 14.7 Å². The number of aliphatic hydroxyl groups excluding tert-OH is 1. The third-order valence-corrected chi connectivity index (χ3v) is 3.83. The number of carbonyl (C=O) groups is 1. The van der Waals surface area contributed by atoms with E-state index in [2.05, 4.69) is 6.92 Å². The van der Waals surface area contributed by atoms with E-state index in [1.807, 2.05) is 24.3 Å². The summed E-state index contributed by atoms with van der Waals surface area (Å²) < 4.78 is 5.58. The lowest BCUT2D eigenvalue weighted by atomic mass is 10.0. The molecule has 1 amide bonds. The topological polar surface area (TPSA) is 49.8 Å². The van der Waals surface area contributed by atoms with Crippen molar-refractivity contribution >= 4 is 5.91 Å². The molecule has 1 aromatic rings. The first-order chi connectivity index (χ1) is 9.74. The van der Waals surface area contributed by atoms with Crippen LogP contribution in [0.25, 0.3) is 0 Å². The normalized spacial score (nSPS) is 18.9. The zero-order chi connectivity index (χ0) is 14.4. The highest BCUT2D eigenvalue weighted by atomic mass is 16.5. The number of hydrogen-bond donors (Lipinski definition) is 1. The van der Waals surface area contributed by atoms with E-state index in [-0.39, 0.29) is 25.2 Å². The summed E-state index contributed by atoms with van der Waals surface area (Å²) in [6.45, 7) is 2.90. The molecule has 1 unspecified atom stereocenters. The van der Waals surface area contributed by atoms with Gasteiger partial charge in [0.2, 0.25) is 0 Å². The predicted molar refractivity (Wildman–Crippen MR) is 77.8 cm³/mol. The molecule has 0 aromatic heterocycles. The third kappa shape index (κ3) is 3.73. The van der Waals surface area contributed by atoms with Crippen LogP contribution in [0.4, 0.5) is 0 Å². The number of carbonyl (C=O) groups excluding carboxylic acids is 1. The van der Waals surface area contributed by atoms with Crippen molar-refractivity contribution in [2.24, 2.45) is 0 Å². The molecule has 1 fully saturated rings. The van der Waals surface area contributed by atoms with E-state index in [1.54, 1.807) is 4.90 Å². The van der Waals surface area contributed by atoms with E-state index in [9.17, 15) is 9.90 Å². The Morgan fingerprint density at radius 1 is 1.45 bits per heavy atom. The SMILES string of the molecule is CCc1cccc(OCC(=O)N2CCCCC2CO)c1. The molecule has 1 aliphatic rings. The summed E-state index contributed by atoms with van der Waals surface area (Å²) in [6, 6.07) is 7.78. The lowest BCUT2D eigenvalue weighted by molar-refractivity contribution is -0.138. The monoisotopic (exact) mass is 277 g/mol. The molecule has 4 nitrogen and oxygen atoms in total. The van der Waals surface area contributed by atoms with Gasteiger partial charge in [-0.15, -0.1) is 0 Å². The molecular formula is C16H23NO3. The molecule has 0 aliphatic carbocycles. The van der Waals surface area contributed by atoms with Crippen LogP contribution in [0.3, 0.4) is 0 Å². The molecule has 1 aromatic carbocycles. The second-order valence-electron chi connectivity index (χ2n) is 5.21. The van der Waals surface area contributed by atoms with Crippen LogP contribution < -0.4 is 4.74 Å². The van der Waals surface area contributed by atoms with Crippen LogP contribution in [0, 0.1) is 0 Å².